The lowest BCUT2D eigenvalue weighted by Crippen LogP contribution is -2.24. The minimum absolute atomic E-state index is 0.346. The molecule has 4 heteroatoms. The summed E-state index contributed by atoms with van der Waals surface area (Å²) in [6.45, 7) is -0.637. The second-order valence-electron chi connectivity index (χ2n) is 7.70. The number of alkyl halides is 2. The molecule has 2 aliphatic carbocycles. The van der Waals surface area contributed by atoms with E-state index in [9.17, 15) is 13.2 Å². The standard InChI is InChI=1S/C20H27F3O/c1-13-2-4-14(5-3-13)15-6-8-16(9-7-15)17-10-11-19(18(21)12-17)24-20(22)23/h10-16,20H,2-9H2,1H3. The van der Waals surface area contributed by atoms with Gasteiger partial charge in [0.1, 0.15) is 0 Å². The predicted molar refractivity (Wildman–Crippen MR) is 88.9 cm³/mol. The van der Waals surface area contributed by atoms with E-state index >= 15 is 0 Å². The molecule has 3 rings (SSSR count). The van der Waals surface area contributed by atoms with Crippen molar-refractivity contribution < 1.29 is 17.9 Å². The third kappa shape index (κ3) is 4.25. The molecule has 1 aromatic carbocycles. The predicted octanol–water partition coefficient (Wildman–Crippen LogP) is 6.53. The Morgan fingerprint density at radius 3 is 2.04 bits per heavy atom. The Morgan fingerprint density at radius 2 is 1.50 bits per heavy atom. The Kier molecular flexibility index (Phi) is 5.72. The number of hydrogen-bond acceptors (Lipinski definition) is 1. The van der Waals surface area contributed by atoms with E-state index in [4.69, 9.17) is 0 Å². The van der Waals surface area contributed by atoms with E-state index in [0.29, 0.717) is 5.92 Å². The molecule has 0 amide bonds. The first-order valence-corrected chi connectivity index (χ1v) is 9.27. The number of hydrogen-bond donors (Lipinski definition) is 0. The number of ether oxygens (including phenoxy) is 1. The summed E-state index contributed by atoms with van der Waals surface area (Å²) in [7, 11) is 0. The molecule has 0 bridgehead atoms. The summed E-state index contributed by atoms with van der Waals surface area (Å²) >= 11 is 0. The van der Waals surface area contributed by atoms with Gasteiger partial charge in [-0.05, 0) is 79.9 Å². The maximum Gasteiger partial charge on any atom is 0.387 e. The molecular weight excluding hydrogens is 313 g/mol. The van der Waals surface area contributed by atoms with Crippen LogP contribution < -0.4 is 4.74 Å². The molecule has 0 aromatic heterocycles. The number of halogens is 3. The molecule has 134 valence electrons. The van der Waals surface area contributed by atoms with Gasteiger partial charge in [0.2, 0.25) is 0 Å². The fourth-order valence-electron chi connectivity index (χ4n) is 4.64. The maximum atomic E-state index is 13.9. The largest absolute Gasteiger partial charge is 0.432 e. The van der Waals surface area contributed by atoms with Crippen molar-refractivity contribution in [2.75, 3.05) is 0 Å². The summed E-state index contributed by atoms with van der Waals surface area (Å²) in [6, 6.07) is 4.46. The Morgan fingerprint density at radius 1 is 0.917 bits per heavy atom. The van der Waals surface area contributed by atoms with Crippen LogP contribution in [0.3, 0.4) is 0 Å². The van der Waals surface area contributed by atoms with Crippen LogP contribution in [0.25, 0.3) is 0 Å². The topological polar surface area (TPSA) is 9.23 Å². The van der Waals surface area contributed by atoms with E-state index in [1.54, 1.807) is 6.07 Å². The first kappa shape index (κ1) is 17.6. The van der Waals surface area contributed by atoms with Crippen LogP contribution in [-0.2, 0) is 0 Å². The first-order valence-electron chi connectivity index (χ1n) is 9.27. The smallest absolute Gasteiger partial charge is 0.387 e. The molecule has 0 N–H and O–H groups in total. The van der Waals surface area contributed by atoms with Crippen LogP contribution >= 0.6 is 0 Å². The van der Waals surface area contributed by atoms with E-state index in [-0.39, 0.29) is 5.75 Å². The quantitative estimate of drug-likeness (QED) is 0.605. The van der Waals surface area contributed by atoms with E-state index in [1.165, 1.54) is 50.7 Å². The number of benzene rings is 1. The molecule has 0 saturated heterocycles. The lowest BCUT2D eigenvalue weighted by atomic mass is 9.68. The summed E-state index contributed by atoms with van der Waals surface area (Å²) in [4.78, 5) is 0. The van der Waals surface area contributed by atoms with Gasteiger partial charge in [0.25, 0.3) is 0 Å². The van der Waals surface area contributed by atoms with Crippen molar-refractivity contribution in [1.29, 1.82) is 0 Å². The zero-order valence-corrected chi connectivity index (χ0v) is 14.3. The molecule has 24 heavy (non-hydrogen) atoms. The highest BCUT2D eigenvalue weighted by Crippen LogP contribution is 2.44. The minimum Gasteiger partial charge on any atom is -0.432 e. The SMILES string of the molecule is CC1CCC(C2CCC(c3ccc(OC(F)F)c(F)c3)CC2)CC1. The van der Waals surface area contributed by atoms with Gasteiger partial charge in [0.05, 0.1) is 0 Å². The third-order valence-corrected chi connectivity index (χ3v) is 6.14. The van der Waals surface area contributed by atoms with Gasteiger partial charge in [0, 0.05) is 0 Å². The summed E-state index contributed by atoms with van der Waals surface area (Å²) in [5.41, 5.74) is 0.921. The van der Waals surface area contributed by atoms with Crippen molar-refractivity contribution in [3.05, 3.63) is 29.6 Å². The highest BCUT2D eigenvalue weighted by atomic mass is 19.3. The lowest BCUT2D eigenvalue weighted by Gasteiger charge is -2.37. The average molecular weight is 340 g/mol. The molecular formula is C20H27F3O. The summed E-state index contributed by atoms with van der Waals surface area (Å²) < 4.78 is 42.5. The molecule has 2 aliphatic rings. The molecule has 0 heterocycles. The second kappa shape index (κ2) is 7.79. The Balaban J connectivity index is 1.55. The van der Waals surface area contributed by atoms with E-state index in [0.717, 1.165) is 36.2 Å². The Labute approximate surface area is 142 Å². The molecule has 0 unspecified atom stereocenters. The van der Waals surface area contributed by atoms with Gasteiger partial charge in [-0.1, -0.05) is 25.8 Å². The molecule has 1 aromatic rings. The highest BCUT2D eigenvalue weighted by Gasteiger charge is 2.30. The van der Waals surface area contributed by atoms with E-state index < -0.39 is 12.4 Å². The minimum atomic E-state index is -2.99. The normalized spacial score (nSPS) is 31.2. The van der Waals surface area contributed by atoms with Crippen molar-refractivity contribution in [3.63, 3.8) is 0 Å². The van der Waals surface area contributed by atoms with Gasteiger partial charge < -0.3 is 4.74 Å². The zero-order valence-electron chi connectivity index (χ0n) is 14.3. The third-order valence-electron chi connectivity index (χ3n) is 6.14. The van der Waals surface area contributed by atoms with Crippen molar-refractivity contribution in [2.24, 2.45) is 17.8 Å². The molecule has 1 nitrogen and oxygen atoms in total. The molecule has 0 spiro atoms. The first-order chi connectivity index (χ1) is 11.5. The van der Waals surface area contributed by atoms with E-state index in [2.05, 4.69) is 11.7 Å². The summed E-state index contributed by atoms with van der Waals surface area (Å²) in [5.74, 6) is 1.88. The van der Waals surface area contributed by atoms with Crippen LogP contribution in [0, 0.1) is 23.6 Å². The monoisotopic (exact) mass is 340 g/mol. The second-order valence-corrected chi connectivity index (χ2v) is 7.70. The molecule has 0 aliphatic heterocycles. The maximum absolute atomic E-state index is 13.9. The highest BCUT2D eigenvalue weighted by molar-refractivity contribution is 5.31. The molecule has 0 radical (unpaired) electrons. The lowest BCUT2D eigenvalue weighted by molar-refractivity contribution is -0.0522. The average Bonchev–Trinajstić information content (AvgIpc) is 2.57. The zero-order chi connectivity index (χ0) is 17.1. The van der Waals surface area contributed by atoms with Gasteiger partial charge in [-0.25, -0.2) is 4.39 Å². The summed E-state index contributed by atoms with van der Waals surface area (Å²) in [5, 5.41) is 0. The molecule has 2 saturated carbocycles. The van der Waals surface area contributed by atoms with Gasteiger partial charge >= 0.3 is 6.61 Å². The number of rotatable bonds is 4. The van der Waals surface area contributed by atoms with Crippen LogP contribution in [0.15, 0.2) is 18.2 Å². The van der Waals surface area contributed by atoms with Crippen molar-refractivity contribution >= 4 is 0 Å². The fraction of sp³-hybridized carbons (Fsp3) is 0.700. The van der Waals surface area contributed by atoms with Gasteiger partial charge in [-0.15, -0.1) is 0 Å². The van der Waals surface area contributed by atoms with Crippen LogP contribution in [0.2, 0.25) is 0 Å². The van der Waals surface area contributed by atoms with Crippen molar-refractivity contribution in [1.82, 2.24) is 0 Å². The van der Waals surface area contributed by atoms with Crippen LogP contribution in [0.4, 0.5) is 13.2 Å². The Hall–Kier alpha value is -1.19. The van der Waals surface area contributed by atoms with Crippen LogP contribution in [0.5, 0.6) is 5.75 Å². The van der Waals surface area contributed by atoms with Crippen LogP contribution in [-0.4, -0.2) is 6.61 Å². The summed E-state index contributed by atoms with van der Waals surface area (Å²) in [6.07, 6.45) is 10.0. The van der Waals surface area contributed by atoms with Gasteiger partial charge in [-0.2, -0.15) is 8.78 Å². The Bertz CT molecular complexity index is 530. The molecule has 0 atom stereocenters. The van der Waals surface area contributed by atoms with E-state index in [1.807, 2.05) is 0 Å². The van der Waals surface area contributed by atoms with Crippen molar-refractivity contribution in [3.8, 4) is 5.75 Å². The van der Waals surface area contributed by atoms with Crippen molar-refractivity contribution in [2.45, 2.75) is 70.8 Å². The molecule has 2 fully saturated rings. The van der Waals surface area contributed by atoms with Crippen LogP contribution in [0.1, 0.15) is 69.8 Å². The van der Waals surface area contributed by atoms with Gasteiger partial charge in [-0.3, -0.25) is 0 Å². The van der Waals surface area contributed by atoms with Gasteiger partial charge in [0.15, 0.2) is 11.6 Å². The fourth-order valence-corrected chi connectivity index (χ4v) is 4.64.